The van der Waals surface area contributed by atoms with Gasteiger partial charge < -0.3 is 5.32 Å². The molecule has 0 aliphatic heterocycles. The summed E-state index contributed by atoms with van der Waals surface area (Å²) in [6.45, 7) is 2.13. The van der Waals surface area contributed by atoms with Crippen molar-refractivity contribution < 1.29 is 4.79 Å². The highest BCUT2D eigenvalue weighted by molar-refractivity contribution is 7.99. The summed E-state index contributed by atoms with van der Waals surface area (Å²) in [5.74, 6) is 1.17. The Labute approximate surface area is 175 Å². The summed E-state index contributed by atoms with van der Waals surface area (Å²) < 4.78 is 2.16. The summed E-state index contributed by atoms with van der Waals surface area (Å²) >= 11 is 1.45. The van der Waals surface area contributed by atoms with Crippen molar-refractivity contribution in [2.24, 2.45) is 0 Å². The number of hydrogen-bond acceptors (Lipinski definition) is 5. The number of carbonyl (C=O) groups excluding carboxylic acids is 1. The fourth-order valence-corrected chi connectivity index (χ4v) is 4.21. The molecule has 7 heteroatoms. The molecule has 1 fully saturated rings. The van der Waals surface area contributed by atoms with Crippen LogP contribution in [0.4, 0.5) is 0 Å². The van der Waals surface area contributed by atoms with Crippen LogP contribution in [0.2, 0.25) is 0 Å². The summed E-state index contributed by atoms with van der Waals surface area (Å²) in [5, 5.41) is 12.7. The third kappa shape index (κ3) is 4.85. The third-order valence-electron chi connectivity index (χ3n) is 4.94. The minimum absolute atomic E-state index is 0.0191. The Morgan fingerprint density at radius 3 is 2.72 bits per heavy atom. The SMILES string of the molecule is CCC[C@H](NC(=O)CSc1nnc(-c2cccnc2)n1C1CC1)c1ccccc1. The van der Waals surface area contributed by atoms with Crippen LogP contribution in [0.25, 0.3) is 11.4 Å². The van der Waals surface area contributed by atoms with Crippen molar-refractivity contribution in [3.05, 3.63) is 60.4 Å². The van der Waals surface area contributed by atoms with Crippen LogP contribution in [-0.2, 0) is 4.79 Å². The zero-order chi connectivity index (χ0) is 20.1. The number of nitrogens with zero attached hydrogens (tertiary/aromatic N) is 4. The van der Waals surface area contributed by atoms with Gasteiger partial charge in [0.1, 0.15) is 0 Å². The molecule has 1 N–H and O–H groups in total. The van der Waals surface area contributed by atoms with Gasteiger partial charge in [-0.15, -0.1) is 10.2 Å². The van der Waals surface area contributed by atoms with Gasteiger partial charge in [0.2, 0.25) is 5.91 Å². The molecule has 29 heavy (non-hydrogen) atoms. The standard InChI is InChI=1S/C22H25N5OS/c1-2-7-19(16-8-4-3-5-9-16)24-20(28)15-29-22-26-25-21(27(22)18-11-12-18)17-10-6-13-23-14-17/h3-6,8-10,13-14,18-19H,2,7,11-12,15H2,1H3,(H,24,28)/t19-/m0/s1. The van der Waals surface area contributed by atoms with Crippen LogP contribution in [-0.4, -0.2) is 31.4 Å². The topological polar surface area (TPSA) is 72.7 Å². The van der Waals surface area contributed by atoms with Crippen LogP contribution in [0, 0.1) is 0 Å². The number of carbonyl (C=O) groups is 1. The van der Waals surface area contributed by atoms with Gasteiger partial charge >= 0.3 is 0 Å². The minimum atomic E-state index is 0.0191. The lowest BCUT2D eigenvalue weighted by Crippen LogP contribution is -2.30. The lowest BCUT2D eigenvalue weighted by atomic mass is 10.0. The Morgan fingerprint density at radius 1 is 1.21 bits per heavy atom. The first-order valence-corrected chi connectivity index (χ1v) is 11.1. The highest BCUT2D eigenvalue weighted by Crippen LogP contribution is 2.40. The van der Waals surface area contributed by atoms with Crippen molar-refractivity contribution in [3.63, 3.8) is 0 Å². The van der Waals surface area contributed by atoms with Gasteiger partial charge in [-0.2, -0.15) is 0 Å². The molecule has 1 aliphatic carbocycles. The average Bonchev–Trinajstić information content (AvgIpc) is 3.52. The number of aromatic nitrogens is 4. The van der Waals surface area contributed by atoms with Crippen molar-refractivity contribution in [1.82, 2.24) is 25.1 Å². The molecular formula is C22H25N5OS. The van der Waals surface area contributed by atoms with Crippen LogP contribution in [0.5, 0.6) is 0 Å². The summed E-state index contributed by atoms with van der Waals surface area (Å²) in [6, 6.07) is 14.5. The average molecular weight is 408 g/mol. The molecule has 2 heterocycles. The quantitative estimate of drug-likeness (QED) is 0.532. The van der Waals surface area contributed by atoms with Crippen molar-refractivity contribution in [3.8, 4) is 11.4 Å². The van der Waals surface area contributed by atoms with Gasteiger partial charge in [-0.05, 0) is 37.0 Å². The van der Waals surface area contributed by atoms with Crippen molar-refractivity contribution >= 4 is 17.7 Å². The van der Waals surface area contributed by atoms with E-state index in [4.69, 9.17) is 0 Å². The van der Waals surface area contributed by atoms with Crippen molar-refractivity contribution in [1.29, 1.82) is 0 Å². The van der Waals surface area contributed by atoms with Gasteiger partial charge in [0.05, 0.1) is 11.8 Å². The van der Waals surface area contributed by atoms with Gasteiger partial charge in [0.25, 0.3) is 0 Å². The summed E-state index contributed by atoms with van der Waals surface area (Å²) in [5.41, 5.74) is 2.10. The Morgan fingerprint density at radius 2 is 2.03 bits per heavy atom. The van der Waals surface area contributed by atoms with E-state index in [1.165, 1.54) is 11.8 Å². The summed E-state index contributed by atoms with van der Waals surface area (Å²) in [4.78, 5) is 16.8. The third-order valence-corrected chi connectivity index (χ3v) is 5.89. The Hall–Kier alpha value is -2.67. The van der Waals surface area contributed by atoms with E-state index < -0.39 is 0 Å². The first-order chi connectivity index (χ1) is 14.3. The van der Waals surface area contributed by atoms with Gasteiger partial charge in [-0.25, -0.2) is 0 Å². The first kappa shape index (κ1) is 19.6. The van der Waals surface area contributed by atoms with Gasteiger partial charge in [0.15, 0.2) is 11.0 Å². The Balaban J connectivity index is 1.43. The van der Waals surface area contributed by atoms with Crippen molar-refractivity contribution in [2.45, 2.75) is 49.8 Å². The van der Waals surface area contributed by atoms with Gasteiger partial charge in [-0.3, -0.25) is 14.3 Å². The van der Waals surface area contributed by atoms with Gasteiger partial charge in [-0.1, -0.05) is 55.4 Å². The van der Waals surface area contributed by atoms with Crippen LogP contribution in [0.3, 0.4) is 0 Å². The number of hydrogen-bond donors (Lipinski definition) is 1. The van der Waals surface area contributed by atoms with Crippen LogP contribution < -0.4 is 5.32 Å². The van der Waals surface area contributed by atoms with E-state index in [-0.39, 0.29) is 11.9 Å². The second-order valence-corrected chi connectivity index (χ2v) is 8.20. The Bertz CT molecular complexity index is 940. The number of rotatable bonds is 9. The molecule has 2 aromatic heterocycles. The molecule has 1 atom stereocenters. The zero-order valence-corrected chi connectivity index (χ0v) is 17.3. The predicted molar refractivity (Wildman–Crippen MR) is 114 cm³/mol. The van der Waals surface area contributed by atoms with E-state index in [0.29, 0.717) is 11.8 Å². The molecule has 1 aliphatic rings. The van der Waals surface area contributed by atoms with E-state index in [2.05, 4.69) is 44.1 Å². The molecular weight excluding hydrogens is 382 g/mol. The highest BCUT2D eigenvalue weighted by Gasteiger charge is 2.30. The predicted octanol–water partition coefficient (Wildman–Crippen LogP) is 4.42. The minimum Gasteiger partial charge on any atom is -0.349 e. The summed E-state index contributed by atoms with van der Waals surface area (Å²) in [6.07, 6.45) is 7.73. The molecule has 0 bridgehead atoms. The number of amides is 1. The monoisotopic (exact) mass is 407 g/mol. The second-order valence-electron chi connectivity index (χ2n) is 7.26. The maximum atomic E-state index is 12.6. The summed E-state index contributed by atoms with van der Waals surface area (Å²) in [7, 11) is 0. The van der Waals surface area contributed by atoms with E-state index >= 15 is 0 Å². The van der Waals surface area contributed by atoms with E-state index in [1.807, 2.05) is 30.3 Å². The normalized spacial score (nSPS) is 14.5. The molecule has 150 valence electrons. The van der Waals surface area contributed by atoms with Crippen molar-refractivity contribution in [2.75, 3.05) is 5.75 Å². The molecule has 6 nitrogen and oxygen atoms in total. The Kier molecular flexibility index (Phi) is 6.24. The molecule has 0 saturated heterocycles. The zero-order valence-electron chi connectivity index (χ0n) is 16.5. The molecule has 1 amide bonds. The van der Waals surface area contributed by atoms with E-state index in [1.54, 1.807) is 12.4 Å². The van der Waals surface area contributed by atoms with Crippen LogP contribution >= 0.6 is 11.8 Å². The molecule has 4 rings (SSSR count). The maximum Gasteiger partial charge on any atom is 0.230 e. The largest absolute Gasteiger partial charge is 0.349 e. The lowest BCUT2D eigenvalue weighted by Gasteiger charge is -2.18. The van der Waals surface area contributed by atoms with E-state index in [0.717, 1.165) is 47.8 Å². The number of benzene rings is 1. The molecule has 0 unspecified atom stereocenters. The lowest BCUT2D eigenvalue weighted by molar-refractivity contribution is -0.119. The second kappa shape index (κ2) is 9.22. The van der Waals surface area contributed by atoms with Crippen LogP contribution in [0.1, 0.15) is 50.3 Å². The molecule has 0 radical (unpaired) electrons. The first-order valence-electron chi connectivity index (χ1n) is 10.1. The molecule has 3 aromatic rings. The number of nitrogens with one attached hydrogen (secondary N) is 1. The number of pyridine rings is 1. The molecule has 1 saturated carbocycles. The highest BCUT2D eigenvalue weighted by atomic mass is 32.2. The smallest absolute Gasteiger partial charge is 0.230 e. The van der Waals surface area contributed by atoms with Gasteiger partial charge in [0, 0.05) is 24.0 Å². The van der Waals surface area contributed by atoms with E-state index in [9.17, 15) is 4.79 Å². The fraction of sp³-hybridized carbons (Fsp3) is 0.364. The van der Waals surface area contributed by atoms with Crippen LogP contribution in [0.15, 0.2) is 60.0 Å². The maximum absolute atomic E-state index is 12.6. The fourth-order valence-electron chi connectivity index (χ4n) is 3.39. The number of thioether (sulfide) groups is 1. The molecule has 0 spiro atoms. The molecule has 1 aromatic carbocycles.